The van der Waals surface area contributed by atoms with Crippen LogP contribution in [0.1, 0.15) is 30.9 Å². The Labute approximate surface area is 148 Å². The van der Waals surface area contributed by atoms with Gasteiger partial charge in [0.05, 0.1) is 6.54 Å². The van der Waals surface area contributed by atoms with Crippen molar-refractivity contribution in [2.45, 2.75) is 33.6 Å². The molecule has 0 saturated carbocycles. The number of anilines is 3. The molecule has 0 radical (unpaired) electrons. The largest absolute Gasteiger partial charge is 0.376 e. The van der Waals surface area contributed by atoms with Crippen molar-refractivity contribution in [2.75, 3.05) is 22.5 Å². The molecule has 0 atom stereocenters. The van der Waals surface area contributed by atoms with Gasteiger partial charge in [0.15, 0.2) is 0 Å². The molecule has 0 aliphatic carbocycles. The van der Waals surface area contributed by atoms with Crippen LogP contribution in [0.15, 0.2) is 42.5 Å². The molecule has 0 spiro atoms. The van der Waals surface area contributed by atoms with Gasteiger partial charge in [-0.3, -0.25) is 9.59 Å². The van der Waals surface area contributed by atoms with E-state index in [1.807, 2.05) is 63.2 Å². The van der Waals surface area contributed by atoms with Crippen LogP contribution in [0.4, 0.5) is 17.1 Å². The van der Waals surface area contributed by atoms with E-state index in [9.17, 15) is 9.59 Å². The van der Waals surface area contributed by atoms with Gasteiger partial charge in [-0.1, -0.05) is 19.1 Å². The fourth-order valence-corrected chi connectivity index (χ4v) is 2.36. The van der Waals surface area contributed by atoms with Gasteiger partial charge >= 0.3 is 0 Å². The molecule has 0 aliphatic rings. The molecule has 25 heavy (non-hydrogen) atoms. The second-order valence-corrected chi connectivity index (χ2v) is 6.08. The highest BCUT2D eigenvalue weighted by Gasteiger charge is 2.05. The second kappa shape index (κ2) is 8.87. The van der Waals surface area contributed by atoms with E-state index in [2.05, 4.69) is 16.0 Å². The van der Waals surface area contributed by atoms with Crippen LogP contribution in [0.2, 0.25) is 0 Å². The molecule has 2 amide bonds. The Balaban J connectivity index is 1.88. The van der Waals surface area contributed by atoms with Gasteiger partial charge in [-0.2, -0.15) is 0 Å². The van der Waals surface area contributed by atoms with E-state index in [4.69, 9.17) is 0 Å². The monoisotopic (exact) mass is 339 g/mol. The van der Waals surface area contributed by atoms with E-state index in [0.717, 1.165) is 29.0 Å². The molecule has 3 N–H and O–H groups in total. The normalized spacial score (nSPS) is 10.2. The van der Waals surface area contributed by atoms with Crippen molar-refractivity contribution in [1.82, 2.24) is 0 Å². The van der Waals surface area contributed by atoms with Gasteiger partial charge in [-0.25, -0.2) is 0 Å². The molecule has 0 unspecified atom stereocenters. The molecule has 0 bridgehead atoms. The number of benzene rings is 2. The first-order valence-corrected chi connectivity index (χ1v) is 8.49. The van der Waals surface area contributed by atoms with Crippen molar-refractivity contribution in [3.05, 3.63) is 53.6 Å². The van der Waals surface area contributed by atoms with Gasteiger partial charge in [-0.05, 0) is 61.7 Å². The van der Waals surface area contributed by atoms with E-state index in [-0.39, 0.29) is 18.4 Å². The first-order valence-electron chi connectivity index (χ1n) is 8.49. The summed E-state index contributed by atoms with van der Waals surface area (Å²) in [6.07, 6.45) is 1.30. The molecule has 2 aromatic carbocycles. The lowest BCUT2D eigenvalue weighted by atomic mass is 10.1. The first-order chi connectivity index (χ1) is 12.0. The molecule has 2 rings (SSSR count). The van der Waals surface area contributed by atoms with Crippen LogP contribution in [0, 0.1) is 13.8 Å². The SMILES string of the molecule is CCCC(=O)Nc1cccc(NCC(=O)Nc2ccc(C)c(C)c2)c1. The van der Waals surface area contributed by atoms with Gasteiger partial charge in [0.1, 0.15) is 0 Å². The summed E-state index contributed by atoms with van der Waals surface area (Å²) in [5, 5.41) is 8.79. The zero-order valence-electron chi connectivity index (χ0n) is 15.0. The lowest BCUT2D eigenvalue weighted by molar-refractivity contribution is -0.116. The van der Waals surface area contributed by atoms with Gasteiger partial charge in [-0.15, -0.1) is 0 Å². The van der Waals surface area contributed by atoms with Crippen LogP contribution in [0.5, 0.6) is 0 Å². The maximum absolute atomic E-state index is 12.1. The maximum Gasteiger partial charge on any atom is 0.243 e. The minimum absolute atomic E-state index is 0.00728. The van der Waals surface area contributed by atoms with Gasteiger partial charge < -0.3 is 16.0 Å². The summed E-state index contributed by atoms with van der Waals surface area (Å²) >= 11 is 0. The summed E-state index contributed by atoms with van der Waals surface area (Å²) in [7, 11) is 0. The molecule has 0 fully saturated rings. The standard InChI is InChI=1S/C20H25N3O2/c1-4-6-19(24)22-17-8-5-7-16(12-17)21-13-20(25)23-18-10-9-14(2)15(3)11-18/h5,7-12,21H,4,6,13H2,1-3H3,(H,22,24)(H,23,25). The Bertz CT molecular complexity index is 756. The van der Waals surface area contributed by atoms with Crippen LogP contribution in [-0.2, 0) is 9.59 Å². The molecule has 0 aromatic heterocycles. The molecule has 5 heteroatoms. The topological polar surface area (TPSA) is 70.2 Å². The number of aryl methyl sites for hydroxylation is 2. The Morgan fingerprint density at radius 3 is 2.24 bits per heavy atom. The van der Waals surface area contributed by atoms with E-state index in [1.165, 1.54) is 5.56 Å². The molecule has 0 aliphatic heterocycles. The van der Waals surface area contributed by atoms with Crippen molar-refractivity contribution in [3.63, 3.8) is 0 Å². The van der Waals surface area contributed by atoms with Crippen molar-refractivity contribution < 1.29 is 9.59 Å². The number of amides is 2. The number of hydrogen-bond donors (Lipinski definition) is 3. The number of rotatable bonds is 7. The van der Waals surface area contributed by atoms with E-state index in [1.54, 1.807) is 0 Å². The summed E-state index contributed by atoms with van der Waals surface area (Å²) < 4.78 is 0. The minimum atomic E-state index is -0.122. The summed E-state index contributed by atoms with van der Waals surface area (Å²) in [4.78, 5) is 23.7. The molecular formula is C20H25N3O2. The molecular weight excluding hydrogens is 314 g/mol. The zero-order chi connectivity index (χ0) is 18.2. The Hall–Kier alpha value is -2.82. The number of hydrogen-bond acceptors (Lipinski definition) is 3. The van der Waals surface area contributed by atoms with E-state index < -0.39 is 0 Å². The van der Waals surface area contributed by atoms with Crippen molar-refractivity contribution in [1.29, 1.82) is 0 Å². The van der Waals surface area contributed by atoms with Crippen LogP contribution in [-0.4, -0.2) is 18.4 Å². The average Bonchev–Trinajstić information content (AvgIpc) is 2.57. The van der Waals surface area contributed by atoms with Crippen LogP contribution in [0.25, 0.3) is 0 Å². The predicted octanol–water partition coefficient (Wildman–Crippen LogP) is 4.09. The van der Waals surface area contributed by atoms with Gasteiger partial charge in [0.25, 0.3) is 0 Å². The van der Waals surface area contributed by atoms with E-state index >= 15 is 0 Å². The summed E-state index contributed by atoms with van der Waals surface area (Å²) in [5.41, 5.74) is 4.62. The quantitative estimate of drug-likeness (QED) is 0.711. The maximum atomic E-state index is 12.1. The summed E-state index contributed by atoms with van der Waals surface area (Å²) in [5.74, 6) is -0.129. The van der Waals surface area contributed by atoms with Crippen molar-refractivity contribution in [3.8, 4) is 0 Å². The average molecular weight is 339 g/mol. The Kier molecular flexibility index (Phi) is 6.57. The Morgan fingerprint density at radius 1 is 0.840 bits per heavy atom. The molecule has 132 valence electrons. The Morgan fingerprint density at radius 2 is 1.52 bits per heavy atom. The van der Waals surface area contributed by atoms with Crippen molar-refractivity contribution in [2.24, 2.45) is 0 Å². The zero-order valence-corrected chi connectivity index (χ0v) is 15.0. The van der Waals surface area contributed by atoms with Crippen LogP contribution < -0.4 is 16.0 Å². The minimum Gasteiger partial charge on any atom is -0.376 e. The first kappa shape index (κ1) is 18.5. The lowest BCUT2D eigenvalue weighted by Crippen LogP contribution is -2.21. The molecule has 5 nitrogen and oxygen atoms in total. The fraction of sp³-hybridized carbons (Fsp3) is 0.300. The highest BCUT2D eigenvalue weighted by atomic mass is 16.2. The molecule has 0 heterocycles. The fourth-order valence-electron chi connectivity index (χ4n) is 2.36. The predicted molar refractivity (Wildman–Crippen MR) is 103 cm³/mol. The number of carbonyl (C=O) groups is 2. The highest BCUT2D eigenvalue weighted by Crippen LogP contribution is 2.16. The van der Waals surface area contributed by atoms with Gasteiger partial charge in [0, 0.05) is 23.5 Å². The smallest absolute Gasteiger partial charge is 0.243 e. The van der Waals surface area contributed by atoms with Crippen LogP contribution in [0.3, 0.4) is 0 Å². The third-order valence-corrected chi connectivity index (χ3v) is 3.87. The lowest BCUT2D eigenvalue weighted by Gasteiger charge is -2.11. The number of nitrogens with one attached hydrogen (secondary N) is 3. The summed E-state index contributed by atoms with van der Waals surface area (Å²) in [6.45, 7) is 6.17. The summed E-state index contributed by atoms with van der Waals surface area (Å²) in [6, 6.07) is 13.2. The van der Waals surface area contributed by atoms with Crippen LogP contribution >= 0.6 is 0 Å². The molecule has 2 aromatic rings. The van der Waals surface area contributed by atoms with Crippen molar-refractivity contribution >= 4 is 28.9 Å². The third kappa shape index (κ3) is 5.95. The number of carbonyl (C=O) groups excluding carboxylic acids is 2. The highest BCUT2D eigenvalue weighted by molar-refractivity contribution is 5.94. The van der Waals surface area contributed by atoms with E-state index in [0.29, 0.717) is 6.42 Å². The van der Waals surface area contributed by atoms with Gasteiger partial charge in [0.2, 0.25) is 11.8 Å². The third-order valence-electron chi connectivity index (χ3n) is 3.87. The molecule has 0 saturated heterocycles. The second-order valence-electron chi connectivity index (χ2n) is 6.08.